The Bertz CT molecular complexity index is 457. The van der Waals surface area contributed by atoms with E-state index in [-0.39, 0.29) is 0 Å². The van der Waals surface area contributed by atoms with Gasteiger partial charge in [-0.15, -0.1) is 11.3 Å². The molecule has 2 fully saturated rings. The van der Waals surface area contributed by atoms with Crippen LogP contribution in [0, 0.1) is 5.92 Å². The number of thiazole rings is 1. The summed E-state index contributed by atoms with van der Waals surface area (Å²) in [7, 11) is 0. The van der Waals surface area contributed by atoms with Crippen LogP contribution in [0.1, 0.15) is 68.9 Å². The molecule has 1 aromatic rings. The Balaban J connectivity index is 1.87. The van der Waals surface area contributed by atoms with Crippen molar-refractivity contribution in [1.82, 2.24) is 4.98 Å². The molecule has 2 aliphatic rings. The third-order valence-corrected chi connectivity index (χ3v) is 6.35. The fourth-order valence-electron chi connectivity index (χ4n) is 3.89. The van der Waals surface area contributed by atoms with Gasteiger partial charge in [0, 0.05) is 24.0 Å². The first-order chi connectivity index (χ1) is 9.74. The molecular weight excluding hydrogens is 266 g/mol. The average Bonchev–Trinajstić information content (AvgIpc) is 3.12. The summed E-state index contributed by atoms with van der Waals surface area (Å²) in [5.74, 6) is 1.45. The smallest absolute Gasteiger partial charge is 0.186 e. The number of rotatable bonds is 4. The van der Waals surface area contributed by atoms with Crippen molar-refractivity contribution in [3.8, 4) is 0 Å². The molecule has 0 spiro atoms. The number of hydrogen-bond acceptors (Lipinski definition) is 4. The molecule has 3 nitrogen and oxygen atoms in total. The second-order valence-electron chi connectivity index (χ2n) is 6.41. The van der Waals surface area contributed by atoms with Crippen LogP contribution in [0.2, 0.25) is 0 Å². The Kier molecular flexibility index (Phi) is 4.32. The summed E-state index contributed by atoms with van der Waals surface area (Å²) in [4.78, 5) is 8.91. The maximum Gasteiger partial charge on any atom is 0.186 e. The van der Waals surface area contributed by atoms with Crippen LogP contribution in [0.4, 0.5) is 5.13 Å². The van der Waals surface area contributed by atoms with Gasteiger partial charge in [-0.25, -0.2) is 4.98 Å². The van der Waals surface area contributed by atoms with Crippen molar-refractivity contribution < 1.29 is 0 Å². The molecule has 3 rings (SSSR count). The van der Waals surface area contributed by atoms with E-state index in [1.807, 2.05) is 11.3 Å². The summed E-state index contributed by atoms with van der Waals surface area (Å²) in [5, 5.41) is 1.25. The summed E-state index contributed by atoms with van der Waals surface area (Å²) in [6.45, 7) is 6.34. The van der Waals surface area contributed by atoms with Gasteiger partial charge in [-0.1, -0.05) is 20.3 Å². The molecule has 2 heterocycles. The minimum atomic E-state index is 0.530. The summed E-state index contributed by atoms with van der Waals surface area (Å²) in [6.07, 6.45) is 8.09. The highest BCUT2D eigenvalue weighted by Gasteiger charge is 2.36. The minimum Gasteiger partial charge on any atom is -0.345 e. The van der Waals surface area contributed by atoms with E-state index < -0.39 is 0 Å². The van der Waals surface area contributed by atoms with Crippen molar-refractivity contribution in [2.75, 3.05) is 11.4 Å². The predicted octanol–water partition coefficient (Wildman–Crippen LogP) is 3.88. The van der Waals surface area contributed by atoms with Gasteiger partial charge >= 0.3 is 0 Å². The van der Waals surface area contributed by atoms with Crippen molar-refractivity contribution in [3.05, 3.63) is 10.6 Å². The van der Waals surface area contributed by atoms with Gasteiger partial charge in [0.2, 0.25) is 0 Å². The number of nitrogens with zero attached hydrogens (tertiary/aromatic N) is 2. The second-order valence-corrected chi connectivity index (χ2v) is 7.47. The van der Waals surface area contributed by atoms with Crippen LogP contribution in [-0.4, -0.2) is 17.6 Å². The van der Waals surface area contributed by atoms with Crippen LogP contribution in [-0.2, 0) is 6.54 Å². The Hall–Kier alpha value is -0.610. The topological polar surface area (TPSA) is 42.2 Å². The molecule has 1 saturated heterocycles. The predicted molar refractivity (Wildman–Crippen MR) is 86.4 cm³/mol. The number of piperidine rings is 1. The molecule has 112 valence electrons. The Morgan fingerprint density at radius 3 is 2.90 bits per heavy atom. The quantitative estimate of drug-likeness (QED) is 0.916. The molecule has 3 atom stereocenters. The van der Waals surface area contributed by atoms with Crippen molar-refractivity contribution in [3.63, 3.8) is 0 Å². The number of hydrogen-bond donors (Lipinski definition) is 1. The van der Waals surface area contributed by atoms with E-state index in [1.54, 1.807) is 0 Å². The molecule has 1 aromatic heterocycles. The highest BCUT2D eigenvalue weighted by molar-refractivity contribution is 7.15. The van der Waals surface area contributed by atoms with Gasteiger partial charge < -0.3 is 10.6 Å². The third-order valence-electron chi connectivity index (χ3n) is 5.22. The zero-order valence-electron chi connectivity index (χ0n) is 12.8. The molecule has 4 heteroatoms. The van der Waals surface area contributed by atoms with Crippen LogP contribution in [0.15, 0.2) is 0 Å². The lowest BCUT2D eigenvalue weighted by Gasteiger charge is -2.37. The van der Waals surface area contributed by atoms with E-state index >= 15 is 0 Å². The third kappa shape index (κ3) is 2.48. The van der Waals surface area contributed by atoms with Crippen molar-refractivity contribution in [2.24, 2.45) is 11.7 Å². The molecule has 1 saturated carbocycles. The van der Waals surface area contributed by atoms with Gasteiger partial charge in [0.15, 0.2) is 5.13 Å². The lowest BCUT2D eigenvalue weighted by molar-refractivity contribution is 0.362. The molecule has 0 aromatic carbocycles. The SMILES string of the molecule is CCC(C)c1nc(N2CCCC3CCCC32)sc1CN. The number of nitrogens with two attached hydrogens (primary N) is 1. The molecule has 3 unspecified atom stereocenters. The standard InChI is InChI=1S/C16H27N3S/c1-3-11(2)15-14(10-17)20-16(18-15)19-9-5-7-12-6-4-8-13(12)19/h11-13H,3-10,17H2,1-2H3. The van der Waals surface area contributed by atoms with Crippen LogP contribution in [0.3, 0.4) is 0 Å². The van der Waals surface area contributed by atoms with E-state index in [1.165, 1.54) is 54.4 Å². The van der Waals surface area contributed by atoms with Crippen molar-refractivity contribution in [2.45, 2.75) is 70.9 Å². The second kappa shape index (κ2) is 6.02. The van der Waals surface area contributed by atoms with Crippen molar-refractivity contribution >= 4 is 16.5 Å². The molecule has 2 N–H and O–H groups in total. The fraction of sp³-hybridized carbons (Fsp3) is 0.812. The molecular formula is C16H27N3S. The summed E-state index contributed by atoms with van der Waals surface area (Å²) >= 11 is 1.85. The Morgan fingerprint density at radius 2 is 2.15 bits per heavy atom. The number of anilines is 1. The van der Waals surface area contributed by atoms with E-state index in [0.717, 1.165) is 18.4 Å². The Morgan fingerprint density at radius 1 is 1.35 bits per heavy atom. The van der Waals surface area contributed by atoms with Gasteiger partial charge in [-0.2, -0.15) is 0 Å². The van der Waals surface area contributed by atoms with E-state index in [0.29, 0.717) is 12.5 Å². The maximum absolute atomic E-state index is 5.94. The van der Waals surface area contributed by atoms with Gasteiger partial charge in [-0.3, -0.25) is 0 Å². The highest BCUT2D eigenvalue weighted by atomic mass is 32.1. The zero-order chi connectivity index (χ0) is 14.1. The Labute approximate surface area is 126 Å². The largest absolute Gasteiger partial charge is 0.345 e. The molecule has 1 aliphatic heterocycles. The van der Waals surface area contributed by atoms with Gasteiger partial charge in [0.1, 0.15) is 0 Å². The maximum atomic E-state index is 5.94. The van der Waals surface area contributed by atoms with Crippen LogP contribution < -0.4 is 10.6 Å². The molecule has 20 heavy (non-hydrogen) atoms. The van der Waals surface area contributed by atoms with E-state index in [9.17, 15) is 0 Å². The highest BCUT2D eigenvalue weighted by Crippen LogP contribution is 2.41. The van der Waals surface area contributed by atoms with E-state index in [4.69, 9.17) is 10.7 Å². The molecule has 0 radical (unpaired) electrons. The zero-order valence-corrected chi connectivity index (χ0v) is 13.6. The lowest BCUT2D eigenvalue weighted by Crippen LogP contribution is -2.42. The van der Waals surface area contributed by atoms with Crippen LogP contribution >= 0.6 is 11.3 Å². The lowest BCUT2D eigenvalue weighted by atomic mass is 9.92. The summed E-state index contributed by atoms with van der Waals surface area (Å²) in [6, 6.07) is 0.755. The van der Waals surface area contributed by atoms with Crippen LogP contribution in [0.5, 0.6) is 0 Å². The van der Waals surface area contributed by atoms with Gasteiger partial charge in [0.05, 0.1) is 5.69 Å². The number of fused-ring (bicyclic) bond motifs is 1. The van der Waals surface area contributed by atoms with Crippen LogP contribution in [0.25, 0.3) is 0 Å². The van der Waals surface area contributed by atoms with E-state index in [2.05, 4.69) is 18.7 Å². The molecule has 0 amide bonds. The normalized spacial score (nSPS) is 27.6. The monoisotopic (exact) mass is 293 g/mol. The molecule has 0 bridgehead atoms. The first-order valence-corrected chi connectivity index (χ1v) is 9.02. The average molecular weight is 293 g/mol. The first-order valence-electron chi connectivity index (χ1n) is 8.20. The molecule has 1 aliphatic carbocycles. The number of aromatic nitrogens is 1. The van der Waals surface area contributed by atoms with Crippen molar-refractivity contribution in [1.29, 1.82) is 0 Å². The summed E-state index contributed by atoms with van der Waals surface area (Å²) < 4.78 is 0. The fourth-order valence-corrected chi connectivity index (χ4v) is 5.03. The van der Waals surface area contributed by atoms with Gasteiger partial charge in [-0.05, 0) is 43.9 Å². The van der Waals surface area contributed by atoms with Gasteiger partial charge in [0.25, 0.3) is 0 Å². The first kappa shape index (κ1) is 14.3. The summed E-state index contributed by atoms with van der Waals surface area (Å²) in [5.41, 5.74) is 7.20. The minimum absolute atomic E-state index is 0.530.